The van der Waals surface area contributed by atoms with Crippen LogP contribution >= 0.6 is 0 Å². The Morgan fingerprint density at radius 2 is 1.50 bits per heavy atom. The molecule has 1 aliphatic heterocycles. The number of benzene rings is 2. The molecule has 1 aliphatic rings. The number of aromatic hydroxyl groups is 1. The van der Waals surface area contributed by atoms with Gasteiger partial charge in [0.1, 0.15) is 23.7 Å². The van der Waals surface area contributed by atoms with Crippen molar-refractivity contribution in [3.63, 3.8) is 0 Å². The molecule has 0 radical (unpaired) electrons. The molecule has 3 rings (SSSR count). The molecule has 11 nitrogen and oxygen atoms in total. The molecular formula is C32H44FN5O6. The molecule has 0 aliphatic carbocycles. The summed E-state index contributed by atoms with van der Waals surface area (Å²) in [4.78, 5) is 58.8. The molecule has 12 heteroatoms. The summed E-state index contributed by atoms with van der Waals surface area (Å²) in [5.74, 6) is -2.70. The summed E-state index contributed by atoms with van der Waals surface area (Å²) < 4.78 is 13.3. The largest absolute Gasteiger partial charge is 0.508 e. The number of hydrogen-bond donors (Lipinski definition) is 3. The van der Waals surface area contributed by atoms with Gasteiger partial charge in [-0.1, -0.05) is 38.1 Å². The number of carboxylic acids is 1. The van der Waals surface area contributed by atoms with Gasteiger partial charge >= 0.3 is 5.97 Å². The Morgan fingerprint density at radius 3 is 2.05 bits per heavy atom. The highest BCUT2D eigenvalue weighted by molar-refractivity contribution is 5.93. The molecule has 2 aromatic rings. The lowest BCUT2D eigenvalue weighted by atomic mass is 9.96. The number of likely N-dealkylation sites (N-methyl/N-ethyl adjacent to an activating group) is 2. The summed E-state index contributed by atoms with van der Waals surface area (Å²) in [7, 11) is 3.07. The Labute approximate surface area is 258 Å². The average molecular weight is 614 g/mol. The van der Waals surface area contributed by atoms with Crippen molar-refractivity contribution in [3.05, 3.63) is 65.0 Å². The number of carbonyl (C=O) groups excluding carboxylic acids is 3. The van der Waals surface area contributed by atoms with Crippen molar-refractivity contribution in [2.75, 3.05) is 46.8 Å². The summed E-state index contributed by atoms with van der Waals surface area (Å²) in [6.45, 7) is 6.65. The third kappa shape index (κ3) is 8.76. The third-order valence-electron chi connectivity index (χ3n) is 8.17. The van der Waals surface area contributed by atoms with E-state index in [0.29, 0.717) is 37.3 Å². The monoisotopic (exact) mass is 613 g/mol. The molecule has 0 unspecified atom stereocenters. The molecular weight excluding hydrogens is 569 g/mol. The Bertz CT molecular complexity index is 1330. The van der Waals surface area contributed by atoms with E-state index in [0.717, 1.165) is 5.56 Å². The van der Waals surface area contributed by atoms with E-state index in [1.54, 1.807) is 54.1 Å². The second-order valence-electron chi connectivity index (χ2n) is 11.9. The lowest BCUT2D eigenvalue weighted by Gasteiger charge is -2.40. The van der Waals surface area contributed by atoms with E-state index in [9.17, 15) is 28.7 Å². The number of aryl methyl sites for hydroxylation is 1. The Morgan fingerprint density at radius 1 is 0.909 bits per heavy atom. The molecule has 4 N–H and O–H groups in total. The first-order valence-electron chi connectivity index (χ1n) is 14.7. The van der Waals surface area contributed by atoms with E-state index in [1.807, 2.05) is 13.8 Å². The number of amides is 3. The van der Waals surface area contributed by atoms with Crippen LogP contribution in [0, 0.1) is 18.7 Å². The third-order valence-corrected chi connectivity index (χ3v) is 8.17. The first-order valence-corrected chi connectivity index (χ1v) is 14.7. The molecule has 1 fully saturated rings. The van der Waals surface area contributed by atoms with Crippen molar-refractivity contribution in [2.45, 2.75) is 51.7 Å². The van der Waals surface area contributed by atoms with Gasteiger partial charge in [-0.25, -0.2) is 4.39 Å². The number of halogens is 1. The van der Waals surface area contributed by atoms with Gasteiger partial charge in [-0.05, 0) is 54.2 Å². The van der Waals surface area contributed by atoms with Crippen LogP contribution in [0.3, 0.4) is 0 Å². The highest BCUT2D eigenvalue weighted by atomic mass is 19.1. The van der Waals surface area contributed by atoms with E-state index in [2.05, 4.69) is 0 Å². The molecule has 2 aromatic carbocycles. The Balaban J connectivity index is 1.84. The summed E-state index contributed by atoms with van der Waals surface area (Å²) in [5, 5.41) is 19.2. The van der Waals surface area contributed by atoms with Crippen LogP contribution in [-0.4, -0.2) is 118 Å². The molecule has 44 heavy (non-hydrogen) atoms. The Kier molecular flexibility index (Phi) is 11.8. The number of phenols is 1. The minimum absolute atomic E-state index is 0.115. The molecule has 0 bridgehead atoms. The number of carbonyl (C=O) groups is 4. The molecule has 1 heterocycles. The van der Waals surface area contributed by atoms with E-state index in [1.165, 1.54) is 29.0 Å². The number of nitrogens with two attached hydrogens (primary N) is 1. The van der Waals surface area contributed by atoms with Gasteiger partial charge in [-0.2, -0.15) is 0 Å². The van der Waals surface area contributed by atoms with Gasteiger partial charge in [0, 0.05) is 46.7 Å². The molecule has 3 amide bonds. The number of piperazine rings is 1. The fourth-order valence-electron chi connectivity index (χ4n) is 5.61. The van der Waals surface area contributed by atoms with E-state index >= 15 is 0 Å². The highest BCUT2D eigenvalue weighted by Gasteiger charge is 2.39. The quantitative estimate of drug-likeness (QED) is 0.326. The lowest BCUT2D eigenvalue weighted by Crippen LogP contribution is -2.60. The van der Waals surface area contributed by atoms with Crippen LogP contribution in [0.4, 0.5) is 4.39 Å². The fourth-order valence-corrected chi connectivity index (χ4v) is 5.61. The summed E-state index contributed by atoms with van der Waals surface area (Å²) in [5.41, 5.74) is 8.30. The molecule has 240 valence electrons. The number of aliphatic carboxylic acids is 1. The van der Waals surface area contributed by atoms with E-state index < -0.39 is 41.7 Å². The predicted molar refractivity (Wildman–Crippen MR) is 163 cm³/mol. The maximum Gasteiger partial charge on any atom is 0.317 e. The first-order chi connectivity index (χ1) is 20.7. The lowest BCUT2D eigenvalue weighted by molar-refractivity contribution is -0.152. The highest BCUT2D eigenvalue weighted by Crippen LogP contribution is 2.22. The van der Waals surface area contributed by atoms with Crippen molar-refractivity contribution < 1.29 is 33.8 Å². The van der Waals surface area contributed by atoms with Gasteiger partial charge in [0.05, 0.1) is 12.6 Å². The smallest absolute Gasteiger partial charge is 0.317 e. The van der Waals surface area contributed by atoms with Gasteiger partial charge in [0.2, 0.25) is 17.7 Å². The van der Waals surface area contributed by atoms with Gasteiger partial charge in [0.15, 0.2) is 0 Å². The number of nitrogens with zero attached hydrogens (tertiary/aromatic N) is 4. The van der Waals surface area contributed by atoms with Crippen molar-refractivity contribution in [2.24, 2.45) is 11.7 Å². The molecule has 0 spiro atoms. The summed E-state index contributed by atoms with van der Waals surface area (Å²) >= 11 is 0. The van der Waals surface area contributed by atoms with Crippen LogP contribution in [0.1, 0.15) is 30.5 Å². The first kappa shape index (κ1) is 34.5. The SMILES string of the molecule is Cc1cc(C[C@@H](C(=O)N2CCN(CC(=O)O)CC2)N(C)C(=O)[C@H](C(C)C)N(C)C(=O)[C@@H](N)Cc2ccc(F)cc2)ccc1O. The van der Waals surface area contributed by atoms with Crippen molar-refractivity contribution in [1.29, 1.82) is 0 Å². The fraction of sp³-hybridized carbons (Fsp3) is 0.500. The van der Waals surface area contributed by atoms with Crippen LogP contribution < -0.4 is 5.73 Å². The van der Waals surface area contributed by atoms with Crippen molar-refractivity contribution in [1.82, 2.24) is 19.6 Å². The second kappa shape index (κ2) is 15.1. The number of hydrogen-bond acceptors (Lipinski definition) is 7. The van der Waals surface area contributed by atoms with Crippen LogP contribution in [0.15, 0.2) is 42.5 Å². The second-order valence-corrected chi connectivity index (χ2v) is 11.9. The molecule has 3 atom stereocenters. The minimum Gasteiger partial charge on any atom is -0.508 e. The van der Waals surface area contributed by atoms with Crippen LogP contribution in [0.5, 0.6) is 5.75 Å². The standard InChI is InChI=1S/C32H44FN5O6/c1-20(2)29(36(5)30(42)25(34)17-22-6-9-24(33)10-7-22)32(44)35(4)26(18-23-8-11-27(39)21(3)16-23)31(43)38-14-12-37(13-15-38)19-28(40)41/h6-11,16,20,25-26,29,39H,12-15,17-19,34H2,1-5H3,(H,40,41)/t25-,26-,29-/m0/s1. The van der Waals surface area contributed by atoms with E-state index in [-0.39, 0.29) is 37.0 Å². The Hall–Kier alpha value is -4.03. The van der Waals surface area contributed by atoms with Gasteiger partial charge in [-0.3, -0.25) is 24.1 Å². The van der Waals surface area contributed by atoms with Crippen LogP contribution in [0.2, 0.25) is 0 Å². The zero-order valence-corrected chi connectivity index (χ0v) is 26.1. The molecule has 0 aromatic heterocycles. The van der Waals surface area contributed by atoms with E-state index in [4.69, 9.17) is 10.8 Å². The number of carboxylic acid groups (broad SMARTS) is 1. The van der Waals surface area contributed by atoms with Crippen molar-refractivity contribution in [3.8, 4) is 5.75 Å². The number of phenolic OH excluding ortho intramolecular Hbond substituents is 1. The van der Waals surface area contributed by atoms with Gasteiger partial charge < -0.3 is 30.6 Å². The summed E-state index contributed by atoms with van der Waals surface area (Å²) in [6.07, 6.45) is 0.331. The normalized spacial score (nSPS) is 15.9. The molecule has 0 saturated carbocycles. The maximum atomic E-state index is 14.1. The zero-order chi connectivity index (χ0) is 32.7. The van der Waals surface area contributed by atoms with Gasteiger partial charge in [0.25, 0.3) is 0 Å². The number of rotatable bonds is 12. The van der Waals surface area contributed by atoms with Crippen LogP contribution in [0.25, 0.3) is 0 Å². The molecule has 1 saturated heterocycles. The topological polar surface area (TPSA) is 148 Å². The zero-order valence-electron chi connectivity index (χ0n) is 26.1. The summed E-state index contributed by atoms with van der Waals surface area (Å²) in [6, 6.07) is 7.92. The van der Waals surface area contributed by atoms with Crippen molar-refractivity contribution >= 4 is 23.7 Å². The maximum absolute atomic E-state index is 14.1. The van der Waals surface area contributed by atoms with Gasteiger partial charge in [-0.15, -0.1) is 0 Å². The minimum atomic E-state index is -0.968. The average Bonchev–Trinajstić information content (AvgIpc) is 2.97. The van der Waals surface area contributed by atoms with Crippen LogP contribution in [-0.2, 0) is 32.0 Å². The predicted octanol–water partition coefficient (Wildman–Crippen LogP) is 1.49.